The minimum Gasteiger partial charge on any atom is -0.492 e. The van der Waals surface area contributed by atoms with Crippen LogP contribution in [-0.2, 0) is 14.8 Å². The van der Waals surface area contributed by atoms with Gasteiger partial charge in [-0.25, -0.2) is 8.42 Å². The number of rotatable bonds is 7. The van der Waals surface area contributed by atoms with Crippen molar-refractivity contribution in [1.29, 1.82) is 0 Å². The first kappa shape index (κ1) is 22.9. The van der Waals surface area contributed by atoms with Gasteiger partial charge in [-0.1, -0.05) is 29.3 Å². The van der Waals surface area contributed by atoms with Crippen molar-refractivity contribution < 1.29 is 17.9 Å². The summed E-state index contributed by atoms with van der Waals surface area (Å²) >= 11 is 11.9. The van der Waals surface area contributed by atoms with Gasteiger partial charge in [0.2, 0.25) is 15.9 Å². The van der Waals surface area contributed by atoms with Gasteiger partial charge in [0.25, 0.3) is 0 Å². The van der Waals surface area contributed by atoms with E-state index in [0.29, 0.717) is 48.3 Å². The first-order valence-corrected chi connectivity index (χ1v) is 11.9. The second kappa shape index (κ2) is 10.0. The quantitative estimate of drug-likeness (QED) is 0.622. The molecule has 1 aliphatic heterocycles. The van der Waals surface area contributed by atoms with Gasteiger partial charge >= 0.3 is 0 Å². The summed E-state index contributed by atoms with van der Waals surface area (Å²) in [5.41, 5.74) is 0.965. The van der Waals surface area contributed by atoms with E-state index in [2.05, 4.69) is 5.32 Å². The normalized spacial score (nSPS) is 17.5. The summed E-state index contributed by atoms with van der Waals surface area (Å²) < 4.78 is 32.7. The van der Waals surface area contributed by atoms with Crippen LogP contribution in [0.2, 0.25) is 10.0 Å². The molecule has 1 heterocycles. The van der Waals surface area contributed by atoms with E-state index >= 15 is 0 Å². The molecule has 0 aromatic heterocycles. The number of benzene rings is 2. The summed E-state index contributed by atoms with van der Waals surface area (Å²) in [6.45, 7) is 3.08. The number of carbonyl (C=O) groups is 1. The summed E-state index contributed by atoms with van der Waals surface area (Å²) in [5, 5.41) is 3.93. The largest absolute Gasteiger partial charge is 0.492 e. The first-order chi connectivity index (χ1) is 14.3. The van der Waals surface area contributed by atoms with Crippen LogP contribution in [0.5, 0.6) is 5.75 Å². The molecule has 0 bridgehead atoms. The number of ether oxygens (including phenoxy) is 1. The Bertz CT molecular complexity index is 997. The SMILES string of the molecule is Cc1ccc(OCCNC(=O)C2CCCN(S(=O)(=O)c3ccc(Cl)cc3)C2)cc1Cl. The molecule has 1 aliphatic rings. The average Bonchev–Trinajstić information content (AvgIpc) is 2.74. The maximum Gasteiger partial charge on any atom is 0.243 e. The van der Waals surface area contributed by atoms with E-state index in [-0.39, 0.29) is 17.3 Å². The molecule has 30 heavy (non-hydrogen) atoms. The molecule has 162 valence electrons. The van der Waals surface area contributed by atoms with Crippen LogP contribution in [0.15, 0.2) is 47.4 Å². The van der Waals surface area contributed by atoms with E-state index < -0.39 is 15.9 Å². The van der Waals surface area contributed by atoms with Crippen molar-refractivity contribution in [2.75, 3.05) is 26.2 Å². The summed E-state index contributed by atoms with van der Waals surface area (Å²) in [7, 11) is -3.66. The van der Waals surface area contributed by atoms with Gasteiger partial charge in [-0.3, -0.25) is 4.79 Å². The van der Waals surface area contributed by atoms with E-state index in [1.54, 1.807) is 18.2 Å². The fourth-order valence-electron chi connectivity index (χ4n) is 3.28. The number of hydrogen-bond acceptors (Lipinski definition) is 4. The number of halogens is 2. The fourth-order valence-corrected chi connectivity index (χ4v) is 5.10. The third kappa shape index (κ3) is 5.66. The van der Waals surface area contributed by atoms with Gasteiger partial charge in [0.1, 0.15) is 12.4 Å². The third-order valence-electron chi connectivity index (χ3n) is 5.02. The highest BCUT2D eigenvalue weighted by molar-refractivity contribution is 7.89. The minimum absolute atomic E-state index is 0.158. The highest BCUT2D eigenvalue weighted by Crippen LogP contribution is 2.25. The molecule has 0 saturated carbocycles. The van der Waals surface area contributed by atoms with Gasteiger partial charge < -0.3 is 10.1 Å². The van der Waals surface area contributed by atoms with E-state index in [1.165, 1.54) is 16.4 Å². The number of carbonyl (C=O) groups excluding carboxylic acids is 1. The Labute approximate surface area is 187 Å². The zero-order valence-corrected chi connectivity index (χ0v) is 18.9. The Morgan fingerprint density at radius 3 is 2.63 bits per heavy atom. The lowest BCUT2D eigenvalue weighted by Crippen LogP contribution is -2.45. The van der Waals surface area contributed by atoms with Crippen LogP contribution < -0.4 is 10.1 Å². The molecule has 0 radical (unpaired) electrons. The summed E-state index contributed by atoms with van der Waals surface area (Å²) in [6.07, 6.45) is 1.27. The molecular formula is C21H24Cl2N2O4S. The number of piperidine rings is 1. The molecule has 2 aromatic carbocycles. The van der Waals surface area contributed by atoms with E-state index in [1.807, 2.05) is 19.1 Å². The van der Waals surface area contributed by atoms with Crippen molar-refractivity contribution in [3.63, 3.8) is 0 Å². The molecule has 1 fully saturated rings. The van der Waals surface area contributed by atoms with Gasteiger partial charge in [-0.05, 0) is 61.7 Å². The number of sulfonamides is 1. The van der Waals surface area contributed by atoms with Crippen LogP contribution in [0.4, 0.5) is 0 Å². The van der Waals surface area contributed by atoms with Crippen LogP contribution in [0.25, 0.3) is 0 Å². The molecule has 0 aliphatic carbocycles. The van der Waals surface area contributed by atoms with Gasteiger partial charge in [0, 0.05) is 23.1 Å². The highest BCUT2D eigenvalue weighted by atomic mass is 35.5. The molecular weight excluding hydrogens is 447 g/mol. The molecule has 1 atom stereocenters. The first-order valence-electron chi connectivity index (χ1n) is 9.70. The number of nitrogens with zero attached hydrogens (tertiary/aromatic N) is 1. The molecule has 6 nitrogen and oxygen atoms in total. The molecule has 0 spiro atoms. The molecule has 2 aromatic rings. The lowest BCUT2D eigenvalue weighted by Gasteiger charge is -2.31. The predicted octanol–water partition coefficient (Wildman–Crippen LogP) is 3.90. The fraction of sp³-hybridized carbons (Fsp3) is 0.381. The molecule has 1 N–H and O–H groups in total. The second-order valence-corrected chi connectivity index (χ2v) is 9.99. The third-order valence-corrected chi connectivity index (χ3v) is 7.56. The second-order valence-electron chi connectivity index (χ2n) is 7.21. The van der Waals surface area contributed by atoms with Crippen LogP contribution in [0.3, 0.4) is 0 Å². The summed E-state index contributed by atoms with van der Waals surface area (Å²) in [4.78, 5) is 12.7. The van der Waals surface area contributed by atoms with Crippen LogP contribution in [0, 0.1) is 12.8 Å². The van der Waals surface area contributed by atoms with Gasteiger partial charge in [0.15, 0.2) is 0 Å². The molecule has 1 unspecified atom stereocenters. The van der Waals surface area contributed by atoms with E-state index in [4.69, 9.17) is 27.9 Å². The Morgan fingerprint density at radius 1 is 1.20 bits per heavy atom. The Morgan fingerprint density at radius 2 is 1.93 bits per heavy atom. The Balaban J connectivity index is 1.51. The smallest absolute Gasteiger partial charge is 0.243 e. The maximum absolute atomic E-state index is 12.9. The van der Waals surface area contributed by atoms with E-state index in [9.17, 15) is 13.2 Å². The predicted molar refractivity (Wildman–Crippen MR) is 118 cm³/mol. The van der Waals surface area contributed by atoms with E-state index in [0.717, 1.165) is 5.56 Å². The highest BCUT2D eigenvalue weighted by Gasteiger charge is 2.33. The number of amides is 1. The van der Waals surface area contributed by atoms with Crippen molar-refractivity contribution in [2.45, 2.75) is 24.7 Å². The van der Waals surface area contributed by atoms with Crippen molar-refractivity contribution in [3.8, 4) is 5.75 Å². The van der Waals surface area contributed by atoms with Crippen LogP contribution in [-0.4, -0.2) is 44.9 Å². The van der Waals surface area contributed by atoms with Crippen LogP contribution in [0.1, 0.15) is 18.4 Å². The van der Waals surface area contributed by atoms with Crippen molar-refractivity contribution >= 4 is 39.1 Å². The van der Waals surface area contributed by atoms with Gasteiger partial charge in [0.05, 0.1) is 17.4 Å². The Hall–Kier alpha value is -1.80. The van der Waals surface area contributed by atoms with Crippen molar-refractivity contribution in [3.05, 3.63) is 58.1 Å². The maximum atomic E-state index is 12.9. The van der Waals surface area contributed by atoms with Gasteiger partial charge in [-0.15, -0.1) is 0 Å². The Kier molecular flexibility index (Phi) is 7.63. The number of hydrogen-bond donors (Lipinski definition) is 1. The monoisotopic (exact) mass is 470 g/mol. The lowest BCUT2D eigenvalue weighted by atomic mass is 9.99. The average molecular weight is 471 g/mol. The van der Waals surface area contributed by atoms with Crippen molar-refractivity contribution in [2.24, 2.45) is 5.92 Å². The van der Waals surface area contributed by atoms with Crippen molar-refractivity contribution in [1.82, 2.24) is 9.62 Å². The van der Waals surface area contributed by atoms with Gasteiger partial charge in [-0.2, -0.15) is 4.31 Å². The molecule has 3 rings (SSSR count). The zero-order valence-electron chi connectivity index (χ0n) is 16.6. The lowest BCUT2D eigenvalue weighted by molar-refractivity contribution is -0.126. The number of aryl methyl sites for hydroxylation is 1. The molecule has 1 amide bonds. The minimum atomic E-state index is -3.66. The summed E-state index contributed by atoms with van der Waals surface area (Å²) in [5.74, 6) is 0.0731. The topological polar surface area (TPSA) is 75.7 Å². The summed E-state index contributed by atoms with van der Waals surface area (Å²) in [6, 6.07) is 11.5. The molecule has 9 heteroatoms. The number of nitrogens with one attached hydrogen (secondary N) is 1. The molecule has 1 saturated heterocycles. The zero-order chi connectivity index (χ0) is 21.7. The van der Waals surface area contributed by atoms with Crippen LogP contribution >= 0.6 is 23.2 Å². The standard InChI is InChI=1S/C21H24Cl2N2O4S/c1-15-4-7-18(13-20(15)23)29-12-10-24-21(26)16-3-2-11-25(14-16)30(27,28)19-8-5-17(22)6-9-19/h4-9,13,16H,2-3,10-12,14H2,1H3,(H,24,26).